The summed E-state index contributed by atoms with van der Waals surface area (Å²) >= 11 is 0. The average Bonchev–Trinajstić information content (AvgIpc) is 2.63. The van der Waals surface area contributed by atoms with E-state index >= 15 is 0 Å². The Morgan fingerprint density at radius 3 is 2.42 bits per heavy atom. The predicted octanol–water partition coefficient (Wildman–Crippen LogP) is 6.59. The molecular weight excluding hydrogens is 292 g/mol. The Labute approximate surface area is 148 Å². The van der Waals surface area contributed by atoms with Crippen molar-refractivity contribution in [3.8, 4) is 0 Å². The van der Waals surface area contributed by atoms with E-state index in [4.69, 9.17) is 4.74 Å². The van der Waals surface area contributed by atoms with Gasteiger partial charge in [0, 0.05) is 0 Å². The van der Waals surface area contributed by atoms with E-state index in [-0.39, 0.29) is 0 Å². The van der Waals surface area contributed by atoms with Crippen molar-refractivity contribution < 1.29 is 4.74 Å². The summed E-state index contributed by atoms with van der Waals surface area (Å²) in [6.07, 6.45) is 18.8. The highest BCUT2D eigenvalue weighted by Gasteiger charge is 2.22. The maximum Gasteiger partial charge on any atom is 0.0654 e. The Hall–Kier alpha value is -1.34. The zero-order valence-electron chi connectivity index (χ0n) is 15.5. The number of allylic oxidation sites excluding steroid dienone is 3. The number of aryl methyl sites for hydroxylation is 1. The van der Waals surface area contributed by atoms with Crippen LogP contribution in [0, 0.1) is 0 Å². The summed E-state index contributed by atoms with van der Waals surface area (Å²) in [5.41, 5.74) is 3.03. The first-order valence-corrected chi connectivity index (χ1v) is 9.81. The van der Waals surface area contributed by atoms with Crippen LogP contribution in [0.2, 0.25) is 0 Å². The lowest BCUT2D eigenvalue weighted by atomic mass is 9.82. The molecule has 1 saturated carbocycles. The van der Waals surface area contributed by atoms with Gasteiger partial charge in [0.1, 0.15) is 0 Å². The van der Waals surface area contributed by atoms with Crippen LogP contribution in [0.15, 0.2) is 48.6 Å². The molecule has 0 heterocycles. The van der Waals surface area contributed by atoms with E-state index in [1.807, 2.05) is 19.1 Å². The number of rotatable bonds is 9. The van der Waals surface area contributed by atoms with Crippen LogP contribution < -0.4 is 0 Å². The molecule has 1 aliphatic rings. The normalized spacial score (nSPS) is 21.8. The Kier molecular flexibility index (Phi) is 8.91. The monoisotopic (exact) mass is 326 g/mol. The summed E-state index contributed by atoms with van der Waals surface area (Å²) in [5.74, 6) is 0.730. The quantitative estimate of drug-likeness (QED) is 0.367. The van der Waals surface area contributed by atoms with Gasteiger partial charge in [-0.15, -0.1) is 0 Å². The Bertz CT molecular complexity index is 489. The van der Waals surface area contributed by atoms with E-state index < -0.39 is 0 Å². The zero-order chi connectivity index (χ0) is 17.0. The molecule has 0 N–H and O–H groups in total. The van der Waals surface area contributed by atoms with Gasteiger partial charge in [-0.05, 0) is 62.5 Å². The van der Waals surface area contributed by atoms with E-state index in [2.05, 4.69) is 43.3 Å². The van der Waals surface area contributed by atoms with E-state index in [1.165, 1.54) is 62.5 Å². The van der Waals surface area contributed by atoms with Gasteiger partial charge in [0.25, 0.3) is 0 Å². The molecule has 1 nitrogen and oxygen atoms in total. The lowest BCUT2D eigenvalue weighted by Gasteiger charge is -2.28. The third-order valence-electron chi connectivity index (χ3n) is 5.06. The molecule has 0 amide bonds. The lowest BCUT2D eigenvalue weighted by molar-refractivity contribution is 0.0422. The highest BCUT2D eigenvalue weighted by Crippen LogP contribution is 2.34. The molecule has 2 rings (SSSR count). The molecule has 1 heteroatoms. The molecule has 0 aromatic heterocycles. The molecule has 1 fully saturated rings. The van der Waals surface area contributed by atoms with Gasteiger partial charge in [-0.3, -0.25) is 0 Å². The average molecular weight is 327 g/mol. The first-order chi connectivity index (χ1) is 11.8. The molecule has 1 aliphatic carbocycles. The summed E-state index contributed by atoms with van der Waals surface area (Å²) in [4.78, 5) is 0. The summed E-state index contributed by atoms with van der Waals surface area (Å²) in [7, 11) is 0. The van der Waals surface area contributed by atoms with Gasteiger partial charge in [-0.25, -0.2) is 0 Å². The summed E-state index contributed by atoms with van der Waals surface area (Å²) in [6.45, 7) is 5.04. The molecule has 24 heavy (non-hydrogen) atoms. The van der Waals surface area contributed by atoms with Gasteiger partial charge >= 0.3 is 0 Å². The number of hydrogen-bond donors (Lipinski definition) is 0. The predicted molar refractivity (Wildman–Crippen MR) is 105 cm³/mol. The molecule has 0 unspecified atom stereocenters. The van der Waals surface area contributed by atoms with Gasteiger partial charge < -0.3 is 4.74 Å². The standard InChI is InChI=1S/C23H34O/c1-3-5-7-9-19-24-23-17-15-22(16-18-23)21-13-11-20(12-14-21)10-8-6-4-2/h3,5,7,9,11-14,22-23H,4,6,8,10,15-19H2,1-2H3/b5-3+,9-7+. The molecule has 1 aromatic rings. The topological polar surface area (TPSA) is 9.23 Å². The second-order valence-corrected chi connectivity index (χ2v) is 6.96. The smallest absolute Gasteiger partial charge is 0.0654 e. The summed E-state index contributed by atoms with van der Waals surface area (Å²) in [5, 5.41) is 0. The molecule has 0 bridgehead atoms. The Morgan fingerprint density at radius 1 is 1.00 bits per heavy atom. The van der Waals surface area contributed by atoms with Crippen molar-refractivity contribution in [2.75, 3.05) is 6.61 Å². The van der Waals surface area contributed by atoms with Crippen LogP contribution in [-0.2, 0) is 11.2 Å². The largest absolute Gasteiger partial charge is 0.374 e. The van der Waals surface area contributed by atoms with Crippen molar-refractivity contribution >= 4 is 0 Å². The van der Waals surface area contributed by atoms with Crippen LogP contribution in [0.25, 0.3) is 0 Å². The maximum absolute atomic E-state index is 5.97. The van der Waals surface area contributed by atoms with Crippen LogP contribution in [0.4, 0.5) is 0 Å². The number of hydrogen-bond acceptors (Lipinski definition) is 1. The van der Waals surface area contributed by atoms with Crippen molar-refractivity contribution in [3.63, 3.8) is 0 Å². The van der Waals surface area contributed by atoms with Crippen molar-refractivity contribution in [2.24, 2.45) is 0 Å². The highest BCUT2D eigenvalue weighted by atomic mass is 16.5. The SMILES string of the molecule is C/C=C/C=C/COC1CCC(c2ccc(CCCCC)cc2)CC1. The number of ether oxygens (including phenoxy) is 1. The number of unbranched alkanes of at least 4 members (excludes halogenated alkanes) is 2. The fourth-order valence-corrected chi connectivity index (χ4v) is 3.54. The van der Waals surface area contributed by atoms with Crippen molar-refractivity contribution in [1.82, 2.24) is 0 Å². The molecule has 1 aromatic carbocycles. The van der Waals surface area contributed by atoms with E-state index in [1.54, 1.807) is 0 Å². The first kappa shape index (κ1) is 19.0. The van der Waals surface area contributed by atoms with Gasteiger partial charge in [-0.2, -0.15) is 0 Å². The van der Waals surface area contributed by atoms with Crippen LogP contribution in [0.5, 0.6) is 0 Å². The molecule has 0 aliphatic heterocycles. The molecule has 0 saturated heterocycles. The minimum atomic E-state index is 0.449. The Morgan fingerprint density at radius 2 is 1.75 bits per heavy atom. The van der Waals surface area contributed by atoms with Crippen molar-refractivity contribution in [1.29, 1.82) is 0 Å². The second kappa shape index (κ2) is 11.3. The minimum Gasteiger partial charge on any atom is -0.374 e. The van der Waals surface area contributed by atoms with Crippen LogP contribution in [0.3, 0.4) is 0 Å². The third-order valence-corrected chi connectivity index (χ3v) is 5.06. The highest BCUT2D eigenvalue weighted by molar-refractivity contribution is 5.26. The summed E-state index contributed by atoms with van der Waals surface area (Å²) < 4.78 is 5.97. The second-order valence-electron chi connectivity index (χ2n) is 6.96. The van der Waals surface area contributed by atoms with Gasteiger partial charge in [-0.1, -0.05) is 68.3 Å². The van der Waals surface area contributed by atoms with Gasteiger partial charge in [0.05, 0.1) is 12.7 Å². The third kappa shape index (κ3) is 6.65. The molecule has 0 radical (unpaired) electrons. The van der Waals surface area contributed by atoms with Gasteiger partial charge in [0.2, 0.25) is 0 Å². The summed E-state index contributed by atoms with van der Waals surface area (Å²) in [6, 6.07) is 9.43. The first-order valence-electron chi connectivity index (χ1n) is 9.81. The molecular formula is C23H34O. The van der Waals surface area contributed by atoms with Crippen LogP contribution in [-0.4, -0.2) is 12.7 Å². The zero-order valence-corrected chi connectivity index (χ0v) is 15.5. The minimum absolute atomic E-state index is 0.449. The Balaban J connectivity index is 1.71. The van der Waals surface area contributed by atoms with Gasteiger partial charge in [0.15, 0.2) is 0 Å². The fourth-order valence-electron chi connectivity index (χ4n) is 3.54. The van der Waals surface area contributed by atoms with E-state index in [0.717, 1.165) is 12.5 Å². The van der Waals surface area contributed by atoms with Crippen molar-refractivity contribution in [3.05, 3.63) is 59.7 Å². The molecule has 0 spiro atoms. The van der Waals surface area contributed by atoms with E-state index in [9.17, 15) is 0 Å². The fraction of sp³-hybridized carbons (Fsp3) is 0.565. The van der Waals surface area contributed by atoms with E-state index in [0.29, 0.717) is 6.10 Å². The lowest BCUT2D eigenvalue weighted by Crippen LogP contribution is -2.20. The maximum atomic E-state index is 5.97. The van der Waals surface area contributed by atoms with Crippen LogP contribution >= 0.6 is 0 Å². The molecule has 132 valence electrons. The number of benzene rings is 1. The van der Waals surface area contributed by atoms with Crippen molar-refractivity contribution in [2.45, 2.75) is 77.2 Å². The molecule has 0 atom stereocenters. The van der Waals surface area contributed by atoms with Crippen LogP contribution in [0.1, 0.15) is 75.8 Å².